The molecule has 1 aliphatic rings. The van der Waals surface area contributed by atoms with Crippen molar-refractivity contribution < 1.29 is 22.7 Å². The number of benzene rings is 1. The van der Waals surface area contributed by atoms with E-state index in [4.69, 9.17) is 4.74 Å². The fourth-order valence-electron chi connectivity index (χ4n) is 3.48. The van der Waals surface area contributed by atoms with Crippen molar-refractivity contribution in [2.24, 2.45) is 5.92 Å². The maximum Gasteiger partial charge on any atom is 0.273 e. The Kier molecular flexibility index (Phi) is 8.14. The summed E-state index contributed by atoms with van der Waals surface area (Å²) < 4.78 is 32.4. The number of carbonyl (C=O) groups is 2. The van der Waals surface area contributed by atoms with Crippen molar-refractivity contribution in [1.82, 2.24) is 10.2 Å². The first-order chi connectivity index (χ1) is 15.3. The highest BCUT2D eigenvalue weighted by atomic mass is 32.2. The molecule has 8 nitrogen and oxygen atoms in total. The Morgan fingerprint density at radius 2 is 2.00 bits per heavy atom. The number of anilines is 1. The van der Waals surface area contributed by atoms with Crippen LogP contribution in [0.5, 0.6) is 5.75 Å². The molecule has 1 aliphatic heterocycles. The van der Waals surface area contributed by atoms with Crippen LogP contribution in [0.1, 0.15) is 26.2 Å². The van der Waals surface area contributed by atoms with Gasteiger partial charge in [0.05, 0.1) is 11.6 Å². The van der Waals surface area contributed by atoms with Crippen LogP contribution >= 0.6 is 11.3 Å². The topological polar surface area (TPSA) is 96.0 Å². The molecule has 3 rings (SSSR count). The Morgan fingerprint density at radius 3 is 2.66 bits per heavy atom. The normalized spacial score (nSPS) is 16.4. The van der Waals surface area contributed by atoms with E-state index in [-0.39, 0.29) is 28.5 Å². The van der Waals surface area contributed by atoms with Gasteiger partial charge in [-0.05, 0) is 55.0 Å². The van der Waals surface area contributed by atoms with Crippen molar-refractivity contribution in [3.63, 3.8) is 0 Å². The van der Waals surface area contributed by atoms with Crippen molar-refractivity contribution >= 4 is 38.9 Å². The summed E-state index contributed by atoms with van der Waals surface area (Å²) in [7, 11) is -2.10. The first-order valence-corrected chi connectivity index (χ1v) is 13.0. The first-order valence-electron chi connectivity index (χ1n) is 10.6. The Bertz CT molecular complexity index is 1010. The van der Waals surface area contributed by atoms with Crippen LogP contribution in [0.2, 0.25) is 0 Å². The molecule has 0 saturated carbocycles. The highest BCUT2D eigenvalue weighted by molar-refractivity contribution is 7.94. The summed E-state index contributed by atoms with van der Waals surface area (Å²) >= 11 is 1.16. The van der Waals surface area contributed by atoms with Gasteiger partial charge in [-0.15, -0.1) is 11.3 Å². The number of hydrogen-bond acceptors (Lipinski definition) is 6. The van der Waals surface area contributed by atoms with E-state index >= 15 is 0 Å². The molecule has 2 heterocycles. The summed E-state index contributed by atoms with van der Waals surface area (Å²) in [4.78, 5) is 26.5. The van der Waals surface area contributed by atoms with E-state index in [0.29, 0.717) is 31.1 Å². The van der Waals surface area contributed by atoms with Gasteiger partial charge in [-0.3, -0.25) is 13.9 Å². The molecule has 1 unspecified atom stereocenters. The Morgan fingerprint density at radius 1 is 1.25 bits per heavy atom. The molecule has 1 aromatic carbocycles. The van der Waals surface area contributed by atoms with Crippen LogP contribution < -0.4 is 14.4 Å². The average Bonchev–Trinajstić information content (AvgIpc) is 3.37. The third-order valence-electron chi connectivity index (χ3n) is 5.37. The smallest absolute Gasteiger partial charge is 0.273 e. The molecular formula is C22H29N3O5S2. The molecule has 32 heavy (non-hydrogen) atoms. The maximum absolute atomic E-state index is 12.6. The number of nitrogens with one attached hydrogen (secondary N) is 1. The van der Waals surface area contributed by atoms with Gasteiger partial charge in [0.2, 0.25) is 5.91 Å². The van der Waals surface area contributed by atoms with E-state index in [2.05, 4.69) is 5.32 Å². The van der Waals surface area contributed by atoms with E-state index in [1.54, 1.807) is 46.7 Å². The van der Waals surface area contributed by atoms with Gasteiger partial charge in [0.25, 0.3) is 15.9 Å². The van der Waals surface area contributed by atoms with Crippen LogP contribution in [0.4, 0.5) is 5.69 Å². The van der Waals surface area contributed by atoms with Crippen molar-refractivity contribution in [3.8, 4) is 5.75 Å². The monoisotopic (exact) mass is 479 g/mol. The summed E-state index contributed by atoms with van der Waals surface area (Å²) in [6, 6.07) is 9.82. The zero-order chi connectivity index (χ0) is 23.1. The number of thiophene rings is 1. The molecule has 1 N–H and O–H groups in total. The average molecular weight is 480 g/mol. The third kappa shape index (κ3) is 5.80. The lowest BCUT2D eigenvalue weighted by Crippen LogP contribution is -2.46. The van der Waals surface area contributed by atoms with E-state index in [0.717, 1.165) is 30.6 Å². The predicted molar refractivity (Wildman–Crippen MR) is 124 cm³/mol. The van der Waals surface area contributed by atoms with Gasteiger partial charge < -0.3 is 15.0 Å². The number of nitrogens with zero attached hydrogens (tertiary/aromatic N) is 2. The van der Waals surface area contributed by atoms with Crippen LogP contribution in [0.3, 0.4) is 0 Å². The van der Waals surface area contributed by atoms with Crippen LogP contribution in [0, 0.1) is 5.92 Å². The second kappa shape index (κ2) is 10.8. The standard InChI is InChI=1S/C22H29N3O5S2/c1-3-12-23-22(27)17-6-4-13-25(15-17)20(26)16-30-19-10-8-18(9-11-19)24(2)32(28,29)21-7-5-14-31-21/h5,7-11,14,17H,3-4,6,12-13,15-16H2,1-2H3,(H,23,27). The number of carbonyl (C=O) groups excluding carboxylic acids is 2. The van der Waals surface area contributed by atoms with Crippen LogP contribution in [-0.4, -0.2) is 58.4 Å². The molecule has 2 amide bonds. The molecule has 1 atom stereocenters. The second-order valence-electron chi connectivity index (χ2n) is 7.66. The second-order valence-corrected chi connectivity index (χ2v) is 10.8. The van der Waals surface area contributed by atoms with E-state index in [1.807, 2.05) is 6.92 Å². The van der Waals surface area contributed by atoms with Gasteiger partial charge in [-0.25, -0.2) is 8.42 Å². The van der Waals surface area contributed by atoms with Crippen molar-refractivity contribution in [2.75, 3.05) is 37.6 Å². The summed E-state index contributed by atoms with van der Waals surface area (Å²) in [6.07, 6.45) is 2.45. The number of rotatable bonds is 9. The quantitative estimate of drug-likeness (QED) is 0.597. The number of likely N-dealkylation sites (tertiary alicyclic amines) is 1. The summed E-state index contributed by atoms with van der Waals surface area (Å²) in [5.74, 6) is 0.125. The number of hydrogen-bond donors (Lipinski definition) is 1. The zero-order valence-electron chi connectivity index (χ0n) is 18.3. The van der Waals surface area contributed by atoms with Gasteiger partial charge in [-0.2, -0.15) is 0 Å². The fourth-order valence-corrected chi connectivity index (χ4v) is 5.84. The van der Waals surface area contributed by atoms with Crippen LogP contribution in [-0.2, 0) is 19.6 Å². The predicted octanol–water partition coefficient (Wildman–Crippen LogP) is 2.72. The molecule has 1 saturated heterocycles. The van der Waals surface area contributed by atoms with Gasteiger partial charge in [0.1, 0.15) is 9.96 Å². The van der Waals surface area contributed by atoms with Gasteiger partial charge in [0, 0.05) is 26.7 Å². The van der Waals surface area contributed by atoms with Crippen molar-refractivity contribution in [3.05, 3.63) is 41.8 Å². The molecule has 0 aliphatic carbocycles. The summed E-state index contributed by atoms with van der Waals surface area (Å²) in [5, 5.41) is 4.62. The van der Waals surface area contributed by atoms with E-state index in [1.165, 1.54) is 11.4 Å². The molecular weight excluding hydrogens is 450 g/mol. The van der Waals surface area contributed by atoms with E-state index in [9.17, 15) is 18.0 Å². The van der Waals surface area contributed by atoms with Crippen molar-refractivity contribution in [1.29, 1.82) is 0 Å². The van der Waals surface area contributed by atoms with Gasteiger partial charge in [-0.1, -0.05) is 13.0 Å². The lowest BCUT2D eigenvalue weighted by molar-refractivity contribution is -0.137. The largest absolute Gasteiger partial charge is 0.484 e. The Labute approximate surface area is 193 Å². The highest BCUT2D eigenvalue weighted by Crippen LogP contribution is 2.26. The molecule has 0 spiro atoms. The minimum absolute atomic E-state index is 0.00229. The van der Waals surface area contributed by atoms with Crippen LogP contribution in [0.15, 0.2) is 46.0 Å². The van der Waals surface area contributed by atoms with Crippen LogP contribution in [0.25, 0.3) is 0 Å². The van der Waals surface area contributed by atoms with E-state index < -0.39 is 10.0 Å². The molecule has 2 aromatic rings. The maximum atomic E-state index is 12.6. The number of sulfonamides is 1. The minimum Gasteiger partial charge on any atom is -0.484 e. The van der Waals surface area contributed by atoms with Gasteiger partial charge in [0.15, 0.2) is 6.61 Å². The third-order valence-corrected chi connectivity index (χ3v) is 8.53. The molecule has 1 fully saturated rings. The minimum atomic E-state index is -3.60. The first kappa shape index (κ1) is 24.1. The zero-order valence-corrected chi connectivity index (χ0v) is 20.0. The Balaban J connectivity index is 1.53. The highest BCUT2D eigenvalue weighted by Gasteiger charge is 2.28. The SMILES string of the molecule is CCCNC(=O)C1CCCN(C(=O)COc2ccc(N(C)S(=O)(=O)c3cccs3)cc2)C1. The van der Waals surface area contributed by atoms with Gasteiger partial charge >= 0.3 is 0 Å². The summed E-state index contributed by atoms with van der Waals surface area (Å²) in [5.41, 5.74) is 0.494. The number of amides is 2. The lowest BCUT2D eigenvalue weighted by Gasteiger charge is -2.32. The Hall–Kier alpha value is -2.59. The molecule has 1 aromatic heterocycles. The lowest BCUT2D eigenvalue weighted by atomic mass is 9.97. The molecule has 0 bridgehead atoms. The fraction of sp³-hybridized carbons (Fsp3) is 0.455. The molecule has 0 radical (unpaired) electrons. The molecule has 10 heteroatoms. The van der Waals surface area contributed by atoms with Crippen molar-refractivity contribution in [2.45, 2.75) is 30.4 Å². The number of ether oxygens (including phenoxy) is 1. The molecule has 174 valence electrons. The number of piperidine rings is 1. The summed E-state index contributed by atoms with van der Waals surface area (Å²) in [6.45, 7) is 3.53.